The van der Waals surface area contributed by atoms with Gasteiger partial charge in [-0.15, -0.1) is 0 Å². The van der Waals surface area contributed by atoms with Gasteiger partial charge < -0.3 is 14.0 Å². The summed E-state index contributed by atoms with van der Waals surface area (Å²) in [7, 11) is -0.414. The molecule has 6 heteroatoms. The molecule has 2 aliphatic heterocycles. The lowest BCUT2D eigenvalue weighted by atomic mass is 9.66. The van der Waals surface area contributed by atoms with Crippen molar-refractivity contribution >= 4 is 13.1 Å². The normalized spacial score (nSPS) is 27.2. The molecule has 154 valence electrons. The second kappa shape index (κ2) is 7.47. The van der Waals surface area contributed by atoms with Gasteiger partial charge in [-0.25, -0.2) is 0 Å². The van der Waals surface area contributed by atoms with Crippen LogP contribution in [0.15, 0.2) is 30.3 Å². The molecule has 2 saturated heterocycles. The summed E-state index contributed by atoms with van der Waals surface area (Å²) >= 11 is 0. The number of hydrogen-bond donors (Lipinski definition) is 0. The zero-order chi connectivity index (χ0) is 20.7. The highest BCUT2D eigenvalue weighted by atomic mass is 16.7. The second-order valence-electron chi connectivity index (χ2n) is 10.1. The number of esters is 1. The Morgan fingerprint density at radius 1 is 1.11 bits per heavy atom. The van der Waals surface area contributed by atoms with Crippen molar-refractivity contribution in [3.8, 4) is 0 Å². The number of ether oxygens (including phenoxy) is 1. The van der Waals surface area contributed by atoms with E-state index in [1.165, 1.54) is 5.56 Å². The van der Waals surface area contributed by atoms with Crippen LogP contribution in [-0.2, 0) is 25.4 Å². The van der Waals surface area contributed by atoms with Crippen LogP contribution in [0, 0.1) is 5.92 Å². The molecule has 0 N–H and O–H groups in total. The Labute approximate surface area is 169 Å². The molecule has 2 heterocycles. The Kier molecular flexibility index (Phi) is 5.70. The quantitative estimate of drug-likeness (QED) is 0.579. The Hall–Kier alpha value is -1.37. The fourth-order valence-electron chi connectivity index (χ4n) is 3.85. The monoisotopic (exact) mass is 387 g/mol. The van der Waals surface area contributed by atoms with E-state index >= 15 is 0 Å². The van der Waals surface area contributed by atoms with Crippen LogP contribution in [0.3, 0.4) is 0 Å². The highest BCUT2D eigenvalue weighted by Gasteiger charge is 2.58. The van der Waals surface area contributed by atoms with E-state index in [0.717, 1.165) is 13.1 Å². The molecule has 2 aliphatic rings. The third kappa shape index (κ3) is 4.61. The molecule has 0 spiro atoms. The molecule has 5 nitrogen and oxygen atoms in total. The molecular formula is C22H34BNO4. The smallest absolute Gasteiger partial charge is 0.460 e. The van der Waals surface area contributed by atoms with Gasteiger partial charge in [0, 0.05) is 25.5 Å². The summed E-state index contributed by atoms with van der Waals surface area (Å²) in [5, 5.41) is 0. The number of nitrogens with zero attached hydrogens (tertiary/aromatic N) is 1. The van der Waals surface area contributed by atoms with Crippen LogP contribution < -0.4 is 0 Å². The van der Waals surface area contributed by atoms with E-state index in [-0.39, 0.29) is 17.7 Å². The van der Waals surface area contributed by atoms with Gasteiger partial charge >= 0.3 is 13.1 Å². The van der Waals surface area contributed by atoms with E-state index in [0.29, 0.717) is 6.54 Å². The van der Waals surface area contributed by atoms with Gasteiger partial charge in [-0.1, -0.05) is 30.3 Å². The van der Waals surface area contributed by atoms with E-state index in [4.69, 9.17) is 14.0 Å². The average Bonchev–Trinajstić information content (AvgIpc) is 3.05. The summed E-state index contributed by atoms with van der Waals surface area (Å²) in [6.07, 6.45) is 0. The minimum Gasteiger partial charge on any atom is -0.460 e. The van der Waals surface area contributed by atoms with Gasteiger partial charge in [0.15, 0.2) is 0 Å². The van der Waals surface area contributed by atoms with E-state index in [1.54, 1.807) is 0 Å². The van der Waals surface area contributed by atoms with Gasteiger partial charge in [0.05, 0.1) is 17.1 Å². The molecule has 3 rings (SSSR count). The van der Waals surface area contributed by atoms with Crippen molar-refractivity contribution in [3.63, 3.8) is 0 Å². The van der Waals surface area contributed by atoms with Crippen molar-refractivity contribution in [1.82, 2.24) is 4.90 Å². The Balaban J connectivity index is 1.79. The van der Waals surface area contributed by atoms with Crippen molar-refractivity contribution in [2.24, 2.45) is 5.92 Å². The van der Waals surface area contributed by atoms with Crippen LogP contribution in [-0.4, -0.2) is 47.9 Å². The number of hydrogen-bond acceptors (Lipinski definition) is 5. The SMILES string of the molecule is CC(C)(C)OC(=O)[C@@H]1CN(Cc2ccccc2)C[C@@H]1B1OC(C)(C)C(C)(C)O1. The number of benzene rings is 1. The lowest BCUT2D eigenvalue weighted by Crippen LogP contribution is -2.41. The molecule has 0 amide bonds. The van der Waals surface area contributed by atoms with Crippen LogP contribution in [0.1, 0.15) is 54.0 Å². The first-order valence-electron chi connectivity index (χ1n) is 10.2. The molecule has 2 atom stereocenters. The van der Waals surface area contributed by atoms with Crippen molar-refractivity contribution in [2.45, 2.75) is 77.6 Å². The molecule has 28 heavy (non-hydrogen) atoms. The first-order valence-corrected chi connectivity index (χ1v) is 10.2. The number of carbonyl (C=O) groups excluding carboxylic acids is 1. The van der Waals surface area contributed by atoms with Crippen molar-refractivity contribution in [2.75, 3.05) is 13.1 Å². The van der Waals surface area contributed by atoms with Crippen LogP contribution in [0.4, 0.5) is 0 Å². The standard InChI is InChI=1S/C22H34BNO4/c1-20(2,3)26-19(25)17-14-24(13-16-11-9-8-10-12-16)15-18(17)23-27-21(4,5)22(6,7)28-23/h8-12,17-18H,13-15H2,1-7H3/t17-,18+/m1/s1. The summed E-state index contributed by atoms with van der Waals surface area (Å²) in [4.78, 5) is 15.3. The van der Waals surface area contributed by atoms with Crippen LogP contribution in [0.25, 0.3) is 0 Å². The minimum absolute atomic E-state index is 0.0559. The molecular weight excluding hydrogens is 353 g/mol. The maximum atomic E-state index is 13.0. The van der Waals surface area contributed by atoms with Gasteiger partial charge in [-0.3, -0.25) is 9.69 Å². The van der Waals surface area contributed by atoms with Crippen molar-refractivity contribution in [1.29, 1.82) is 0 Å². The molecule has 1 aromatic rings. The van der Waals surface area contributed by atoms with Crippen molar-refractivity contribution in [3.05, 3.63) is 35.9 Å². The van der Waals surface area contributed by atoms with Gasteiger partial charge in [-0.05, 0) is 54.0 Å². The highest BCUT2D eigenvalue weighted by Crippen LogP contribution is 2.44. The van der Waals surface area contributed by atoms with Crippen LogP contribution >= 0.6 is 0 Å². The van der Waals surface area contributed by atoms with E-state index in [9.17, 15) is 4.79 Å². The third-order valence-corrected chi connectivity index (χ3v) is 6.02. The Morgan fingerprint density at radius 2 is 1.68 bits per heavy atom. The summed E-state index contributed by atoms with van der Waals surface area (Å²) in [5.74, 6) is -0.486. The maximum Gasteiger partial charge on any atom is 0.463 e. The minimum atomic E-state index is -0.510. The summed E-state index contributed by atoms with van der Waals surface area (Å²) < 4.78 is 18.3. The first kappa shape index (κ1) is 21.3. The summed E-state index contributed by atoms with van der Waals surface area (Å²) in [6, 6.07) is 10.3. The molecule has 0 unspecified atom stereocenters. The zero-order valence-corrected chi connectivity index (χ0v) is 18.3. The molecule has 1 aromatic carbocycles. The number of likely N-dealkylation sites (tertiary alicyclic amines) is 1. The van der Waals surface area contributed by atoms with E-state index in [1.807, 2.05) is 66.7 Å². The van der Waals surface area contributed by atoms with E-state index < -0.39 is 23.9 Å². The zero-order valence-electron chi connectivity index (χ0n) is 18.3. The predicted octanol–water partition coefficient (Wildman–Crippen LogP) is 3.92. The lowest BCUT2D eigenvalue weighted by molar-refractivity contribution is -0.159. The highest BCUT2D eigenvalue weighted by molar-refractivity contribution is 6.48. The predicted molar refractivity (Wildman–Crippen MR) is 111 cm³/mol. The largest absolute Gasteiger partial charge is 0.463 e. The summed E-state index contributed by atoms with van der Waals surface area (Å²) in [5.41, 5.74) is -0.101. The molecule has 0 aliphatic carbocycles. The van der Waals surface area contributed by atoms with Crippen molar-refractivity contribution < 1.29 is 18.8 Å². The second-order valence-corrected chi connectivity index (χ2v) is 10.1. The maximum absolute atomic E-state index is 13.0. The Bertz CT molecular complexity index is 682. The van der Waals surface area contributed by atoms with E-state index in [2.05, 4.69) is 17.0 Å². The van der Waals surface area contributed by atoms with Crippen LogP contribution in [0.5, 0.6) is 0 Å². The number of carbonyl (C=O) groups is 1. The third-order valence-electron chi connectivity index (χ3n) is 6.02. The Morgan fingerprint density at radius 3 is 2.21 bits per heavy atom. The topological polar surface area (TPSA) is 48.0 Å². The molecule has 0 aromatic heterocycles. The molecule has 0 radical (unpaired) electrons. The van der Waals surface area contributed by atoms with Gasteiger partial charge in [0.2, 0.25) is 0 Å². The van der Waals surface area contributed by atoms with Crippen LogP contribution in [0.2, 0.25) is 5.82 Å². The fourth-order valence-corrected chi connectivity index (χ4v) is 3.85. The first-order chi connectivity index (χ1) is 12.9. The molecule has 0 bridgehead atoms. The van der Waals surface area contributed by atoms with Gasteiger partial charge in [0.25, 0.3) is 0 Å². The lowest BCUT2D eigenvalue weighted by Gasteiger charge is -2.32. The van der Waals surface area contributed by atoms with Gasteiger partial charge in [0.1, 0.15) is 5.60 Å². The number of rotatable bonds is 4. The molecule has 2 fully saturated rings. The molecule has 0 saturated carbocycles. The summed E-state index contributed by atoms with van der Waals surface area (Å²) in [6.45, 7) is 16.1. The fraction of sp³-hybridized carbons (Fsp3) is 0.682. The van der Waals surface area contributed by atoms with Gasteiger partial charge in [-0.2, -0.15) is 0 Å². The average molecular weight is 387 g/mol.